The second kappa shape index (κ2) is 12.4. The van der Waals surface area contributed by atoms with Crippen LogP contribution in [-0.4, -0.2) is 74.6 Å². The third-order valence-corrected chi connectivity index (χ3v) is 2.50. The van der Waals surface area contributed by atoms with Gasteiger partial charge in [-0.2, -0.15) is 0 Å². The molecule has 0 saturated heterocycles. The van der Waals surface area contributed by atoms with Crippen molar-refractivity contribution in [3.05, 3.63) is 0 Å². The predicted molar refractivity (Wildman–Crippen MR) is 84.8 cm³/mol. The molecular weight excluding hydrogens is 336 g/mol. The Morgan fingerprint density at radius 3 is 1.12 bits per heavy atom. The van der Waals surface area contributed by atoms with E-state index in [1.165, 1.54) is 6.92 Å². The van der Waals surface area contributed by atoms with Crippen molar-refractivity contribution in [2.45, 2.75) is 6.92 Å². The third-order valence-electron chi connectivity index (χ3n) is 2.50. The Hall–Kier alpha value is -3.02. The summed E-state index contributed by atoms with van der Waals surface area (Å²) in [5.41, 5.74) is 5.04. The number of nitrogens with two attached hydrogens (primary N) is 1. The lowest BCUT2D eigenvalue weighted by molar-refractivity contribution is -0.129. The topological polar surface area (TPSA) is 189 Å². The van der Waals surface area contributed by atoms with E-state index in [0.29, 0.717) is 0 Å². The summed E-state index contributed by atoms with van der Waals surface area (Å²) < 4.78 is 0. The van der Waals surface area contributed by atoms with Gasteiger partial charge in [0, 0.05) is 0 Å². The third kappa shape index (κ3) is 13.1. The zero-order chi connectivity index (χ0) is 19.2. The van der Waals surface area contributed by atoms with Gasteiger partial charge >= 0.3 is 0 Å². The normalized spacial score (nSPS) is 9.52. The molecule has 0 aliphatic heterocycles. The molecule has 0 aliphatic carbocycles. The number of rotatable bonds is 11. The Morgan fingerprint density at radius 1 is 0.560 bits per heavy atom. The van der Waals surface area contributed by atoms with Crippen LogP contribution in [0.1, 0.15) is 6.92 Å². The standard InChI is InChI=1S/C13H22N6O6/c1-8(20)3-15-10(22)5-17-12(24)7-19-13(25)6-18-11(23)4-16-9(21)2-14/h2-7,14H2,1H3,(H,15,22)(H,16,21)(H,17,24)(H,18,23)(H,19,25). The zero-order valence-electron chi connectivity index (χ0n) is 13.8. The average Bonchev–Trinajstić information content (AvgIpc) is 2.58. The molecule has 0 bridgehead atoms. The van der Waals surface area contributed by atoms with Crippen molar-refractivity contribution in [2.75, 3.05) is 39.3 Å². The lowest BCUT2D eigenvalue weighted by Gasteiger charge is -2.08. The summed E-state index contributed by atoms with van der Waals surface area (Å²) in [6.07, 6.45) is 0. The summed E-state index contributed by atoms with van der Waals surface area (Å²) in [4.78, 5) is 66.9. The van der Waals surface area contributed by atoms with Gasteiger partial charge in [0.2, 0.25) is 29.5 Å². The van der Waals surface area contributed by atoms with E-state index in [4.69, 9.17) is 5.73 Å². The molecule has 0 rings (SSSR count). The fourth-order valence-corrected chi connectivity index (χ4v) is 1.26. The highest BCUT2D eigenvalue weighted by Crippen LogP contribution is 1.72. The first-order valence-corrected chi connectivity index (χ1v) is 7.27. The van der Waals surface area contributed by atoms with Crippen molar-refractivity contribution in [1.29, 1.82) is 0 Å². The molecule has 5 amide bonds. The number of Topliss-reactive ketones (excluding diaryl/α,β-unsaturated/α-hetero) is 1. The molecule has 0 saturated carbocycles. The Bertz CT molecular complexity index is 535. The van der Waals surface area contributed by atoms with Gasteiger partial charge < -0.3 is 32.3 Å². The summed E-state index contributed by atoms with van der Waals surface area (Å²) in [5, 5.41) is 11.2. The van der Waals surface area contributed by atoms with E-state index in [2.05, 4.69) is 26.6 Å². The first kappa shape index (κ1) is 22.0. The van der Waals surface area contributed by atoms with Gasteiger partial charge in [0.1, 0.15) is 5.78 Å². The zero-order valence-corrected chi connectivity index (χ0v) is 13.8. The first-order chi connectivity index (χ1) is 11.7. The van der Waals surface area contributed by atoms with Gasteiger partial charge in [0.05, 0.1) is 39.3 Å². The molecule has 0 spiro atoms. The Labute approximate surface area is 143 Å². The van der Waals surface area contributed by atoms with Crippen molar-refractivity contribution in [3.8, 4) is 0 Å². The van der Waals surface area contributed by atoms with Crippen LogP contribution in [0.4, 0.5) is 0 Å². The monoisotopic (exact) mass is 358 g/mol. The molecule has 0 aromatic rings. The van der Waals surface area contributed by atoms with Crippen molar-refractivity contribution >= 4 is 35.3 Å². The Morgan fingerprint density at radius 2 is 0.840 bits per heavy atom. The number of amides is 5. The molecule has 140 valence electrons. The molecule has 0 unspecified atom stereocenters. The van der Waals surface area contributed by atoms with Crippen molar-refractivity contribution < 1.29 is 28.8 Å². The van der Waals surface area contributed by atoms with Gasteiger partial charge in [-0.15, -0.1) is 0 Å². The van der Waals surface area contributed by atoms with Crippen LogP contribution >= 0.6 is 0 Å². The van der Waals surface area contributed by atoms with Crippen molar-refractivity contribution in [1.82, 2.24) is 26.6 Å². The lowest BCUT2D eigenvalue weighted by Crippen LogP contribution is -2.46. The first-order valence-electron chi connectivity index (χ1n) is 7.27. The van der Waals surface area contributed by atoms with Crippen LogP contribution in [0.25, 0.3) is 0 Å². The average molecular weight is 358 g/mol. The van der Waals surface area contributed by atoms with Gasteiger partial charge in [0.15, 0.2) is 0 Å². The maximum absolute atomic E-state index is 11.4. The molecule has 0 aromatic heterocycles. The fraction of sp³-hybridized carbons (Fsp3) is 0.538. The molecule has 0 radical (unpaired) electrons. The largest absolute Gasteiger partial charge is 0.348 e. The van der Waals surface area contributed by atoms with Crippen LogP contribution in [0, 0.1) is 0 Å². The SMILES string of the molecule is CC(=O)CNC(=O)CNC(=O)CNC(=O)CNC(=O)CNC(=O)CN. The minimum Gasteiger partial charge on any atom is -0.348 e. The fourth-order valence-electron chi connectivity index (χ4n) is 1.26. The molecule has 25 heavy (non-hydrogen) atoms. The highest BCUT2D eigenvalue weighted by molar-refractivity contribution is 5.91. The van der Waals surface area contributed by atoms with Gasteiger partial charge in [0.25, 0.3) is 0 Å². The second-order valence-electron chi connectivity index (χ2n) is 4.79. The Kier molecular flexibility index (Phi) is 10.9. The van der Waals surface area contributed by atoms with E-state index in [-0.39, 0.29) is 38.5 Å². The highest BCUT2D eigenvalue weighted by atomic mass is 16.2. The molecule has 0 aromatic carbocycles. The number of carbonyl (C=O) groups excluding carboxylic acids is 6. The van der Waals surface area contributed by atoms with Crippen LogP contribution in [-0.2, 0) is 28.8 Å². The number of nitrogens with one attached hydrogen (secondary N) is 5. The van der Waals surface area contributed by atoms with Gasteiger partial charge in [-0.1, -0.05) is 0 Å². The molecule has 0 atom stereocenters. The predicted octanol–water partition coefficient (Wildman–Crippen LogP) is -4.88. The van der Waals surface area contributed by atoms with Gasteiger partial charge in [-0.3, -0.25) is 28.8 Å². The van der Waals surface area contributed by atoms with E-state index in [1.54, 1.807) is 0 Å². The van der Waals surface area contributed by atoms with Crippen LogP contribution in [0.2, 0.25) is 0 Å². The molecular formula is C13H22N6O6. The van der Waals surface area contributed by atoms with Crippen LogP contribution in [0.3, 0.4) is 0 Å². The van der Waals surface area contributed by atoms with E-state index < -0.39 is 36.1 Å². The highest BCUT2D eigenvalue weighted by Gasteiger charge is 2.09. The number of hydrogen-bond acceptors (Lipinski definition) is 7. The van der Waals surface area contributed by atoms with E-state index in [9.17, 15) is 28.8 Å². The second-order valence-corrected chi connectivity index (χ2v) is 4.79. The van der Waals surface area contributed by atoms with Crippen molar-refractivity contribution in [3.63, 3.8) is 0 Å². The number of carbonyl (C=O) groups is 6. The van der Waals surface area contributed by atoms with Crippen LogP contribution in [0.15, 0.2) is 0 Å². The summed E-state index contributed by atoms with van der Waals surface area (Å²) in [5.74, 6) is -3.12. The molecule has 12 heteroatoms. The van der Waals surface area contributed by atoms with Gasteiger partial charge in [-0.05, 0) is 6.92 Å². The molecule has 7 N–H and O–H groups in total. The maximum atomic E-state index is 11.4. The Balaban J connectivity index is 3.81. The van der Waals surface area contributed by atoms with Crippen LogP contribution < -0.4 is 32.3 Å². The summed E-state index contributed by atoms with van der Waals surface area (Å²) in [6.45, 7) is -0.507. The quantitative estimate of drug-likeness (QED) is 0.213. The lowest BCUT2D eigenvalue weighted by atomic mass is 10.4. The molecule has 0 fully saturated rings. The van der Waals surface area contributed by atoms with Crippen molar-refractivity contribution in [2.24, 2.45) is 5.73 Å². The maximum Gasteiger partial charge on any atom is 0.239 e. The number of ketones is 1. The molecule has 12 nitrogen and oxygen atoms in total. The smallest absolute Gasteiger partial charge is 0.239 e. The van der Waals surface area contributed by atoms with E-state index >= 15 is 0 Å². The minimum absolute atomic E-state index is 0.128. The van der Waals surface area contributed by atoms with E-state index in [0.717, 1.165) is 0 Å². The minimum atomic E-state index is -0.630. The molecule has 0 aliphatic rings. The van der Waals surface area contributed by atoms with E-state index in [1.807, 2.05) is 0 Å². The van der Waals surface area contributed by atoms with Crippen LogP contribution in [0.5, 0.6) is 0 Å². The summed E-state index contributed by atoms with van der Waals surface area (Å²) >= 11 is 0. The number of hydrogen-bond donors (Lipinski definition) is 6. The summed E-state index contributed by atoms with van der Waals surface area (Å²) in [6, 6.07) is 0. The summed E-state index contributed by atoms with van der Waals surface area (Å²) in [7, 11) is 0. The van der Waals surface area contributed by atoms with Gasteiger partial charge in [-0.25, -0.2) is 0 Å². The molecule has 0 heterocycles.